The molecule has 2 aromatic rings. The minimum Gasteiger partial charge on any atom is -0.504 e. The third kappa shape index (κ3) is 4.16. The fourth-order valence-electron chi connectivity index (χ4n) is 4.41. The average molecular weight is 410 g/mol. The number of likely N-dealkylation sites (tertiary alicyclic amines) is 1. The van der Waals surface area contributed by atoms with Crippen LogP contribution in [-0.4, -0.2) is 55.2 Å². The Labute approximate surface area is 178 Å². The molecule has 0 aliphatic carbocycles. The second kappa shape index (κ2) is 8.66. The lowest BCUT2D eigenvalue weighted by Crippen LogP contribution is -2.55. The lowest BCUT2D eigenvalue weighted by molar-refractivity contribution is 0.144. The van der Waals surface area contributed by atoms with Crippen molar-refractivity contribution in [2.24, 2.45) is 4.99 Å². The molecule has 0 aromatic heterocycles. The van der Waals surface area contributed by atoms with Crippen molar-refractivity contribution in [1.29, 1.82) is 0 Å². The molecule has 1 atom stereocenters. The molecule has 0 bridgehead atoms. The zero-order valence-electron chi connectivity index (χ0n) is 18.0. The maximum atomic E-state index is 10.9. The maximum Gasteiger partial charge on any atom is 0.162 e. The van der Waals surface area contributed by atoms with Crippen LogP contribution in [0.2, 0.25) is 0 Å². The largest absolute Gasteiger partial charge is 0.504 e. The normalized spacial score (nSPS) is 21.3. The van der Waals surface area contributed by atoms with Crippen LogP contribution < -0.4 is 14.8 Å². The van der Waals surface area contributed by atoms with Gasteiger partial charge in [0.2, 0.25) is 0 Å². The minimum absolute atomic E-state index is 0.0486. The van der Waals surface area contributed by atoms with E-state index in [0.29, 0.717) is 18.8 Å². The summed E-state index contributed by atoms with van der Waals surface area (Å²) in [6.45, 7) is 4.41. The Morgan fingerprint density at radius 1 is 1.20 bits per heavy atom. The molecule has 2 aromatic carbocycles. The van der Waals surface area contributed by atoms with E-state index in [4.69, 9.17) is 14.5 Å². The molecule has 2 aliphatic heterocycles. The number of methoxy groups -OCH3 is 1. The van der Waals surface area contributed by atoms with Gasteiger partial charge in [-0.1, -0.05) is 24.3 Å². The zero-order valence-corrected chi connectivity index (χ0v) is 18.0. The van der Waals surface area contributed by atoms with Gasteiger partial charge in [-0.05, 0) is 50.6 Å². The smallest absolute Gasteiger partial charge is 0.162 e. The number of hydrogen-bond acceptors (Lipinski definition) is 6. The summed E-state index contributed by atoms with van der Waals surface area (Å²) in [7, 11) is 3.83. The molecule has 0 radical (unpaired) electrons. The molecule has 0 saturated carbocycles. The van der Waals surface area contributed by atoms with E-state index in [-0.39, 0.29) is 17.5 Å². The van der Waals surface area contributed by atoms with Crippen LogP contribution in [0.3, 0.4) is 0 Å². The molecule has 30 heavy (non-hydrogen) atoms. The van der Waals surface area contributed by atoms with E-state index < -0.39 is 0 Å². The first kappa shape index (κ1) is 20.7. The Morgan fingerprint density at radius 2 is 1.97 bits per heavy atom. The van der Waals surface area contributed by atoms with Gasteiger partial charge < -0.3 is 19.5 Å². The van der Waals surface area contributed by atoms with Crippen molar-refractivity contribution < 1.29 is 14.6 Å². The van der Waals surface area contributed by atoms with Crippen LogP contribution in [0.15, 0.2) is 47.5 Å². The van der Waals surface area contributed by atoms with E-state index in [1.54, 1.807) is 7.11 Å². The molecule has 2 aliphatic rings. The Kier molecular flexibility index (Phi) is 5.97. The standard InChI is InChI=1S/C24H31N3O3/c1-4-30-22-10-6-9-19(23(22)28)21-16-20(17-7-5-8-18(15-17)29-3)25-24(26-21)11-13-27(2)14-12-24/h5-10,15,21,26,28H,4,11-14,16H2,1-3H3/t21-/m1/s1. The fourth-order valence-corrected chi connectivity index (χ4v) is 4.41. The first-order chi connectivity index (χ1) is 14.5. The third-order valence-corrected chi connectivity index (χ3v) is 6.11. The monoisotopic (exact) mass is 409 g/mol. The highest BCUT2D eigenvalue weighted by Crippen LogP contribution is 2.40. The molecule has 160 valence electrons. The van der Waals surface area contributed by atoms with E-state index in [9.17, 15) is 5.11 Å². The van der Waals surface area contributed by atoms with Gasteiger partial charge in [0.15, 0.2) is 11.5 Å². The van der Waals surface area contributed by atoms with Gasteiger partial charge in [0.25, 0.3) is 0 Å². The summed E-state index contributed by atoms with van der Waals surface area (Å²) >= 11 is 0. The van der Waals surface area contributed by atoms with Gasteiger partial charge in [0, 0.05) is 36.8 Å². The van der Waals surface area contributed by atoms with E-state index in [2.05, 4.69) is 23.3 Å². The number of aromatic hydroxyl groups is 1. The number of phenolic OH excluding ortho intramolecular Hbond substituents is 1. The SMILES string of the molecule is CCOc1cccc([C@H]2CC(c3cccc(OC)c3)=NC3(CCN(C)CC3)N2)c1O. The number of ether oxygens (including phenoxy) is 2. The van der Waals surface area contributed by atoms with Gasteiger partial charge in [0.1, 0.15) is 11.4 Å². The van der Waals surface area contributed by atoms with Crippen LogP contribution >= 0.6 is 0 Å². The summed E-state index contributed by atoms with van der Waals surface area (Å²) in [5.41, 5.74) is 2.64. The van der Waals surface area contributed by atoms with Gasteiger partial charge >= 0.3 is 0 Å². The molecule has 1 fully saturated rings. The maximum absolute atomic E-state index is 10.9. The number of hydrogen-bond donors (Lipinski definition) is 2. The number of phenols is 1. The Morgan fingerprint density at radius 3 is 2.70 bits per heavy atom. The highest BCUT2D eigenvalue weighted by atomic mass is 16.5. The molecule has 2 N–H and O–H groups in total. The molecule has 6 heteroatoms. The van der Waals surface area contributed by atoms with Crippen LogP contribution in [0.5, 0.6) is 17.2 Å². The molecular formula is C24H31N3O3. The number of para-hydroxylation sites is 1. The molecule has 0 unspecified atom stereocenters. The van der Waals surface area contributed by atoms with Gasteiger partial charge in [-0.25, -0.2) is 0 Å². The quantitative estimate of drug-likeness (QED) is 0.787. The Hall–Kier alpha value is -2.57. The number of piperidine rings is 1. The van der Waals surface area contributed by atoms with Crippen molar-refractivity contribution in [2.45, 2.75) is 37.9 Å². The third-order valence-electron chi connectivity index (χ3n) is 6.11. The minimum atomic E-state index is -0.331. The van der Waals surface area contributed by atoms with Crippen LogP contribution in [0, 0.1) is 0 Å². The van der Waals surface area contributed by atoms with Crippen LogP contribution in [0.1, 0.15) is 43.4 Å². The van der Waals surface area contributed by atoms with E-state index >= 15 is 0 Å². The van der Waals surface area contributed by atoms with Crippen LogP contribution in [0.4, 0.5) is 0 Å². The van der Waals surface area contributed by atoms with Crippen molar-refractivity contribution in [3.05, 3.63) is 53.6 Å². The Balaban J connectivity index is 1.73. The van der Waals surface area contributed by atoms with E-state index in [1.807, 2.05) is 43.3 Å². The number of nitrogens with one attached hydrogen (secondary N) is 1. The summed E-state index contributed by atoms with van der Waals surface area (Å²) in [6, 6.07) is 13.8. The second-order valence-corrected chi connectivity index (χ2v) is 8.15. The Bertz CT molecular complexity index is 920. The van der Waals surface area contributed by atoms with Crippen molar-refractivity contribution in [3.8, 4) is 17.2 Å². The second-order valence-electron chi connectivity index (χ2n) is 8.15. The number of nitrogens with zero attached hydrogens (tertiary/aromatic N) is 2. The highest BCUT2D eigenvalue weighted by Gasteiger charge is 2.40. The molecule has 1 saturated heterocycles. The lowest BCUT2D eigenvalue weighted by Gasteiger charge is -2.44. The van der Waals surface area contributed by atoms with Crippen molar-refractivity contribution in [2.75, 3.05) is 33.9 Å². The van der Waals surface area contributed by atoms with E-state index in [0.717, 1.165) is 48.5 Å². The summed E-state index contributed by atoms with van der Waals surface area (Å²) in [5.74, 6) is 1.57. The predicted octanol–water partition coefficient (Wildman–Crippen LogP) is 3.75. The molecular weight excluding hydrogens is 378 g/mol. The average Bonchev–Trinajstić information content (AvgIpc) is 2.77. The number of rotatable bonds is 5. The zero-order chi connectivity index (χ0) is 21.1. The van der Waals surface area contributed by atoms with Gasteiger partial charge in [-0.3, -0.25) is 10.3 Å². The first-order valence-corrected chi connectivity index (χ1v) is 10.7. The van der Waals surface area contributed by atoms with Gasteiger partial charge in [-0.2, -0.15) is 0 Å². The molecule has 4 rings (SSSR count). The molecule has 0 amide bonds. The number of benzene rings is 2. The predicted molar refractivity (Wildman–Crippen MR) is 119 cm³/mol. The van der Waals surface area contributed by atoms with E-state index in [1.165, 1.54) is 0 Å². The molecule has 1 spiro atoms. The summed E-state index contributed by atoms with van der Waals surface area (Å²) in [4.78, 5) is 7.57. The summed E-state index contributed by atoms with van der Waals surface area (Å²) in [5, 5.41) is 14.7. The first-order valence-electron chi connectivity index (χ1n) is 10.7. The lowest BCUT2D eigenvalue weighted by atomic mass is 9.87. The topological polar surface area (TPSA) is 66.3 Å². The van der Waals surface area contributed by atoms with Crippen molar-refractivity contribution in [3.63, 3.8) is 0 Å². The van der Waals surface area contributed by atoms with Gasteiger partial charge in [-0.15, -0.1) is 0 Å². The van der Waals surface area contributed by atoms with Crippen LogP contribution in [0.25, 0.3) is 0 Å². The molecule has 6 nitrogen and oxygen atoms in total. The number of aliphatic imine (C=N–C) groups is 1. The van der Waals surface area contributed by atoms with Gasteiger partial charge in [0.05, 0.1) is 13.7 Å². The molecule has 2 heterocycles. The van der Waals surface area contributed by atoms with Crippen LogP contribution in [-0.2, 0) is 0 Å². The summed E-state index contributed by atoms with van der Waals surface area (Å²) < 4.78 is 11.1. The fraction of sp³-hybridized carbons (Fsp3) is 0.458. The van der Waals surface area contributed by atoms with Crippen molar-refractivity contribution in [1.82, 2.24) is 10.2 Å². The highest BCUT2D eigenvalue weighted by molar-refractivity contribution is 6.02. The van der Waals surface area contributed by atoms with Crippen molar-refractivity contribution >= 4 is 5.71 Å². The summed E-state index contributed by atoms with van der Waals surface area (Å²) in [6.07, 6.45) is 2.55.